The van der Waals surface area contributed by atoms with E-state index in [4.69, 9.17) is 10.8 Å². The normalized spacial score (nSPS) is 12.9. The van der Waals surface area contributed by atoms with Gasteiger partial charge in [0.1, 0.15) is 0 Å². The summed E-state index contributed by atoms with van der Waals surface area (Å²) in [5.74, 6) is 0. The molecule has 3 nitrogen and oxygen atoms in total. The Kier molecular flexibility index (Phi) is 5.43. The molecule has 0 bridgehead atoms. The van der Waals surface area contributed by atoms with Gasteiger partial charge in [0.25, 0.3) is 0 Å². The van der Waals surface area contributed by atoms with Gasteiger partial charge in [-0.2, -0.15) is 0 Å². The van der Waals surface area contributed by atoms with Crippen molar-refractivity contribution in [2.24, 2.45) is 5.73 Å². The van der Waals surface area contributed by atoms with Gasteiger partial charge in [-0.05, 0) is 54.4 Å². The van der Waals surface area contributed by atoms with Crippen molar-refractivity contribution in [3.8, 4) is 0 Å². The quantitative estimate of drug-likeness (QED) is 0.879. The van der Waals surface area contributed by atoms with Crippen LogP contribution in [0.25, 0.3) is 0 Å². The van der Waals surface area contributed by atoms with Crippen LogP contribution in [-0.4, -0.2) is 24.3 Å². The first-order valence-electron chi connectivity index (χ1n) is 5.90. The summed E-state index contributed by atoms with van der Waals surface area (Å²) in [7, 11) is 0. The fraction of sp³-hybridized carbons (Fsp3) is 0.538. The first-order valence-corrected chi connectivity index (χ1v) is 6.69. The SMILES string of the molecule is CC(C)N(CCO)c1ccc([C@@H](C)N)cc1Br. The Balaban J connectivity index is 3.04. The molecule has 0 aliphatic rings. The first-order chi connectivity index (χ1) is 7.97. The van der Waals surface area contributed by atoms with Crippen molar-refractivity contribution in [3.63, 3.8) is 0 Å². The average Bonchev–Trinajstić information content (AvgIpc) is 2.26. The Bertz CT molecular complexity index is 366. The van der Waals surface area contributed by atoms with E-state index in [1.54, 1.807) is 0 Å². The molecular formula is C13H21BrN2O. The maximum absolute atomic E-state index is 9.10. The Morgan fingerprint density at radius 3 is 2.41 bits per heavy atom. The van der Waals surface area contributed by atoms with Crippen molar-refractivity contribution in [1.29, 1.82) is 0 Å². The van der Waals surface area contributed by atoms with Crippen molar-refractivity contribution in [1.82, 2.24) is 0 Å². The molecule has 4 heteroatoms. The molecule has 0 amide bonds. The number of aliphatic hydroxyl groups is 1. The van der Waals surface area contributed by atoms with Crippen LogP contribution in [0.5, 0.6) is 0 Å². The fourth-order valence-electron chi connectivity index (χ4n) is 1.80. The fourth-order valence-corrected chi connectivity index (χ4v) is 2.43. The summed E-state index contributed by atoms with van der Waals surface area (Å²) < 4.78 is 1.02. The lowest BCUT2D eigenvalue weighted by Crippen LogP contribution is -2.33. The van der Waals surface area contributed by atoms with Gasteiger partial charge >= 0.3 is 0 Å². The van der Waals surface area contributed by atoms with E-state index in [0.29, 0.717) is 12.6 Å². The van der Waals surface area contributed by atoms with Crippen molar-refractivity contribution >= 4 is 21.6 Å². The van der Waals surface area contributed by atoms with Gasteiger partial charge in [0.05, 0.1) is 12.3 Å². The largest absolute Gasteiger partial charge is 0.395 e. The highest BCUT2D eigenvalue weighted by Crippen LogP contribution is 2.30. The highest BCUT2D eigenvalue weighted by Gasteiger charge is 2.14. The van der Waals surface area contributed by atoms with Gasteiger partial charge in [-0.25, -0.2) is 0 Å². The Hall–Kier alpha value is -0.580. The summed E-state index contributed by atoms with van der Waals surface area (Å²) in [4.78, 5) is 2.16. The van der Waals surface area contributed by atoms with Crippen LogP contribution in [-0.2, 0) is 0 Å². The monoisotopic (exact) mass is 300 g/mol. The third-order valence-corrected chi connectivity index (χ3v) is 3.41. The molecule has 3 N–H and O–H groups in total. The number of nitrogens with two attached hydrogens (primary N) is 1. The second-order valence-electron chi connectivity index (χ2n) is 4.51. The lowest BCUT2D eigenvalue weighted by molar-refractivity contribution is 0.299. The molecule has 0 unspecified atom stereocenters. The summed E-state index contributed by atoms with van der Waals surface area (Å²) in [6.07, 6.45) is 0. The molecule has 0 fully saturated rings. The molecule has 1 atom stereocenters. The third kappa shape index (κ3) is 3.69. The number of nitrogens with zero attached hydrogens (tertiary/aromatic N) is 1. The molecule has 1 aromatic rings. The number of aliphatic hydroxyl groups excluding tert-OH is 1. The topological polar surface area (TPSA) is 49.5 Å². The molecule has 0 spiro atoms. The highest BCUT2D eigenvalue weighted by atomic mass is 79.9. The minimum Gasteiger partial charge on any atom is -0.395 e. The molecule has 1 aromatic carbocycles. The zero-order valence-electron chi connectivity index (χ0n) is 10.7. The molecular weight excluding hydrogens is 280 g/mol. The molecule has 0 heterocycles. The molecule has 96 valence electrons. The van der Waals surface area contributed by atoms with Crippen LogP contribution >= 0.6 is 15.9 Å². The van der Waals surface area contributed by atoms with Crippen molar-refractivity contribution in [2.75, 3.05) is 18.1 Å². The molecule has 0 saturated heterocycles. The van der Waals surface area contributed by atoms with Gasteiger partial charge in [0.15, 0.2) is 0 Å². The van der Waals surface area contributed by atoms with Gasteiger partial charge in [-0.3, -0.25) is 0 Å². The average molecular weight is 301 g/mol. The van der Waals surface area contributed by atoms with Crippen molar-refractivity contribution in [3.05, 3.63) is 28.2 Å². The van der Waals surface area contributed by atoms with E-state index in [9.17, 15) is 0 Å². The maximum atomic E-state index is 9.10. The standard InChI is InChI=1S/C13H21BrN2O/c1-9(2)16(6-7-17)13-5-4-11(10(3)15)8-12(13)14/h4-5,8-10,17H,6-7,15H2,1-3H3/t10-/m1/s1. The lowest BCUT2D eigenvalue weighted by atomic mass is 10.1. The van der Waals surface area contributed by atoms with Gasteiger partial charge < -0.3 is 15.7 Å². The lowest BCUT2D eigenvalue weighted by Gasteiger charge is -2.29. The van der Waals surface area contributed by atoms with Crippen LogP contribution < -0.4 is 10.6 Å². The smallest absolute Gasteiger partial charge is 0.0606 e. The minimum atomic E-state index is 0.0330. The zero-order valence-corrected chi connectivity index (χ0v) is 12.2. The van der Waals surface area contributed by atoms with E-state index in [1.807, 2.05) is 19.1 Å². The summed E-state index contributed by atoms with van der Waals surface area (Å²) in [6, 6.07) is 6.52. The summed E-state index contributed by atoms with van der Waals surface area (Å²) >= 11 is 3.58. The highest BCUT2D eigenvalue weighted by molar-refractivity contribution is 9.10. The van der Waals surface area contributed by atoms with Crippen molar-refractivity contribution in [2.45, 2.75) is 32.9 Å². The Morgan fingerprint density at radius 2 is 2.00 bits per heavy atom. The number of anilines is 1. The second-order valence-corrected chi connectivity index (χ2v) is 5.36. The van der Waals surface area contributed by atoms with Crippen LogP contribution in [0.1, 0.15) is 32.4 Å². The number of rotatable bonds is 5. The van der Waals surface area contributed by atoms with E-state index < -0.39 is 0 Å². The van der Waals surface area contributed by atoms with E-state index in [1.165, 1.54) is 0 Å². The zero-order chi connectivity index (χ0) is 13.0. The van der Waals surface area contributed by atoms with Gasteiger partial charge in [0.2, 0.25) is 0 Å². The number of hydrogen-bond acceptors (Lipinski definition) is 3. The molecule has 0 aromatic heterocycles. The van der Waals surface area contributed by atoms with E-state index in [-0.39, 0.29) is 12.6 Å². The maximum Gasteiger partial charge on any atom is 0.0606 e. The van der Waals surface area contributed by atoms with Crippen LogP contribution in [0.2, 0.25) is 0 Å². The van der Waals surface area contributed by atoms with E-state index >= 15 is 0 Å². The molecule has 0 radical (unpaired) electrons. The molecule has 0 aliphatic heterocycles. The molecule has 17 heavy (non-hydrogen) atoms. The van der Waals surface area contributed by atoms with Crippen LogP contribution in [0.3, 0.4) is 0 Å². The summed E-state index contributed by atoms with van der Waals surface area (Å²) in [6.45, 7) is 6.98. The number of hydrogen-bond donors (Lipinski definition) is 2. The molecule has 0 aliphatic carbocycles. The number of halogens is 1. The van der Waals surface area contributed by atoms with Crippen LogP contribution in [0.4, 0.5) is 5.69 Å². The van der Waals surface area contributed by atoms with Gasteiger partial charge in [-0.1, -0.05) is 6.07 Å². The van der Waals surface area contributed by atoms with E-state index in [0.717, 1.165) is 15.7 Å². The minimum absolute atomic E-state index is 0.0330. The van der Waals surface area contributed by atoms with Crippen LogP contribution in [0.15, 0.2) is 22.7 Å². The summed E-state index contributed by atoms with van der Waals surface area (Å²) in [5.41, 5.74) is 8.05. The molecule has 1 rings (SSSR count). The van der Waals surface area contributed by atoms with Gasteiger partial charge in [0, 0.05) is 23.1 Å². The van der Waals surface area contributed by atoms with Crippen molar-refractivity contribution < 1.29 is 5.11 Å². The Morgan fingerprint density at radius 1 is 1.35 bits per heavy atom. The number of benzene rings is 1. The molecule has 0 saturated carbocycles. The van der Waals surface area contributed by atoms with E-state index in [2.05, 4.69) is 40.7 Å². The first kappa shape index (κ1) is 14.5. The predicted molar refractivity (Wildman–Crippen MR) is 76.3 cm³/mol. The predicted octanol–water partition coefficient (Wildman–Crippen LogP) is 2.68. The van der Waals surface area contributed by atoms with Gasteiger partial charge in [-0.15, -0.1) is 0 Å². The second kappa shape index (κ2) is 6.38. The third-order valence-electron chi connectivity index (χ3n) is 2.77. The van der Waals surface area contributed by atoms with Crippen LogP contribution in [0, 0.1) is 0 Å². The summed E-state index contributed by atoms with van der Waals surface area (Å²) in [5, 5.41) is 9.10. The Labute approximate surface area is 112 Å².